The third-order valence-corrected chi connectivity index (χ3v) is 7.84. The lowest BCUT2D eigenvalue weighted by Crippen LogP contribution is -2.19. The van der Waals surface area contributed by atoms with Crippen molar-refractivity contribution in [2.24, 2.45) is 17.8 Å². The highest BCUT2D eigenvalue weighted by molar-refractivity contribution is 6.31. The predicted octanol–water partition coefficient (Wildman–Crippen LogP) is 7.64. The topological polar surface area (TPSA) is 85.2 Å². The molecule has 0 amide bonds. The number of hydrogen-bond donors (Lipinski definition) is 2. The second-order valence-electron chi connectivity index (χ2n) is 9.85. The van der Waals surface area contributed by atoms with Crippen LogP contribution in [0, 0.1) is 17.8 Å². The molecular weight excluding hydrogens is 611 g/mol. The summed E-state index contributed by atoms with van der Waals surface area (Å²) in [6, 6.07) is 26.1. The molecule has 0 heterocycles. The molecule has 0 bridgehead atoms. The predicted molar refractivity (Wildman–Crippen MR) is 176 cm³/mol. The molecule has 0 fully saturated rings. The first-order valence-corrected chi connectivity index (χ1v) is 15.6. The van der Waals surface area contributed by atoms with Crippen molar-refractivity contribution in [2.45, 2.75) is 25.6 Å². The molecule has 0 aromatic heterocycles. The Morgan fingerprint density at radius 3 is 1.63 bits per heavy atom. The molecule has 0 aliphatic heterocycles. The van der Waals surface area contributed by atoms with Gasteiger partial charge in [0.2, 0.25) is 0 Å². The quantitative estimate of drug-likeness (QED) is 0.129. The van der Waals surface area contributed by atoms with Gasteiger partial charge in [-0.25, -0.2) is 0 Å². The summed E-state index contributed by atoms with van der Waals surface area (Å²) >= 11 is 17.5. The Hall–Kier alpha value is -2.00. The Morgan fingerprint density at radius 2 is 1.16 bits per heavy atom. The van der Waals surface area contributed by atoms with Gasteiger partial charge in [0.25, 0.3) is 0 Å². The maximum absolute atomic E-state index is 11.9. The van der Waals surface area contributed by atoms with E-state index in [0.29, 0.717) is 42.2 Å². The number of aliphatic hydroxyl groups is 2. The van der Waals surface area contributed by atoms with Crippen LogP contribution in [0.25, 0.3) is 0 Å². The average molecular weight is 656 g/mol. The molecule has 43 heavy (non-hydrogen) atoms. The van der Waals surface area contributed by atoms with E-state index in [9.17, 15) is 15.0 Å². The third kappa shape index (κ3) is 14.1. The van der Waals surface area contributed by atoms with Crippen LogP contribution in [0.4, 0.5) is 0 Å². The molecule has 3 aromatic rings. The summed E-state index contributed by atoms with van der Waals surface area (Å²) in [5.74, 6) is 0.697. The number of aliphatic hydroxyl groups excluding tert-OH is 2. The standard InChI is InChI=1S/C12H16O2.C11H14Cl2O2.C11H15ClO2/c1-3-10(9-14-2)12(13)11-7-5-4-6-8-11;1-15-7-8(6-12)11(14)9-4-2-3-5-10(9)13;1-14-8-10(7-12)11(13)9-5-3-2-4-6-9/h4-8,10H,3,9H2,1-2H3;2-5,8,11,14H,6-7H2,1H3;2-6,10-11,13H,7-8H2,1H3. The fourth-order valence-corrected chi connectivity index (χ4v) is 4.94. The Morgan fingerprint density at radius 1 is 0.698 bits per heavy atom. The zero-order valence-corrected chi connectivity index (χ0v) is 27.6. The molecule has 6 nitrogen and oxygen atoms in total. The van der Waals surface area contributed by atoms with Crippen molar-refractivity contribution < 1.29 is 29.2 Å². The first-order chi connectivity index (χ1) is 20.8. The van der Waals surface area contributed by atoms with Gasteiger partial charge in [-0.1, -0.05) is 97.4 Å². The molecule has 0 aliphatic carbocycles. The number of Topliss-reactive ketones (excluding diaryl/α,β-unsaturated/α-hetero) is 1. The molecular formula is C34H45Cl3O6. The second-order valence-corrected chi connectivity index (χ2v) is 10.9. The van der Waals surface area contributed by atoms with Crippen LogP contribution in [0.2, 0.25) is 5.02 Å². The van der Waals surface area contributed by atoms with Gasteiger partial charge in [0.1, 0.15) is 0 Å². The maximum Gasteiger partial charge on any atom is 0.168 e. The maximum atomic E-state index is 11.9. The minimum absolute atomic E-state index is 0.0117. The number of methoxy groups -OCH3 is 3. The van der Waals surface area contributed by atoms with E-state index in [-0.39, 0.29) is 23.5 Å². The van der Waals surface area contributed by atoms with Crippen molar-refractivity contribution in [2.75, 3.05) is 52.9 Å². The fourth-order valence-electron chi connectivity index (χ4n) is 4.18. The van der Waals surface area contributed by atoms with Crippen molar-refractivity contribution in [1.29, 1.82) is 0 Å². The van der Waals surface area contributed by atoms with E-state index in [1.165, 1.54) is 0 Å². The molecule has 2 N–H and O–H groups in total. The molecule has 5 unspecified atom stereocenters. The molecule has 0 saturated carbocycles. The van der Waals surface area contributed by atoms with Gasteiger partial charge in [-0.2, -0.15) is 0 Å². The van der Waals surface area contributed by atoms with E-state index < -0.39 is 12.2 Å². The minimum Gasteiger partial charge on any atom is -0.388 e. The van der Waals surface area contributed by atoms with Crippen molar-refractivity contribution >= 4 is 40.6 Å². The Labute approximate surface area is 271 Å². The Balaban J connectivity index is 0.000000323. The highest BCUT2D eigenvalue weighted by Crippen LogP contribution is 2.29. The van der Waals surface area contributed by atoms with Crippen LogP contribution in [-0.2, 0) is 14.2 Å². The van der Waals surface area contributed by atoms with Crippen LogP contribution in [0.3, 0.4) is 0 Å². The number of halogens is 3. The van der Waals surface area contributed by atoms with Gasteiger partial charge in [0.15, 0.2) is 5.78 Å². The van der Waals surface area contributed by atoms with E-state index >= 15 is 0 Å². The smallest absolute Gasteiger partial charge is 0.168 e. The summed E-state index contributed by atoms with van der Waals surface area (Å²) in [5, 5.41) is 20.5. The largest absolute Gasteiger partial charge is 0.388 e. The van der Waals surface area contributed by atoms with E-state index in [1.54, 1.807) is 33.5 Å². The molecule has 0 aliphatic rings. The van der Waals surface area contributed by atoms with Crippen LogP contribution >= 0.6 is 34.8 Å². The first kappa shape index (κ1) is 39.0. The number of carbonyl (C=O) groups is 1. The minimum atomic E-state index is -0.684. The number of rotatable bonds is 15. The highest BCUT2D eigenvalue weighted by atomic mass is 35.5. The van der Waals surface area contributed by atoms with Gasteiger partial charge in [-0.15, -0.1) is 23.2 Å². The lowest BCUT2D eigenvalue weighted by Gasteiger charge is -2.21. The van der Waals surface area contributed by atoms with E-state index in [4.69, 9.17) is 49.0 Å². The highest BCUT2D eigenvalue weighted by Gasteiger charge is 2.22. The van der Waals surface area contributed by atoms with Gasteiger partial charge in [-0.05, 0) is 23.6 Å². The molecule has 3 aromatic carbocycles. The number of carbonyl (C=O) groups excluding carboxylic acids is 1. The molecule has 3 rings (SSSR count). The van der Waals surface area contributed by atoms with Gasteiger partial charge in [0, 0.05) is 61.4 Å². The number of hydrogen-bond acceptors (Lipinski definition) is 6. The average Bonchev–Trinajstić information content (AvgIpc) is 3.05. The third-order valence-electron chi connectivity index (χ3n) is 6.71. The first-order valence-electron chi connectivity index (χ1n) is 14.1. The summed E-state index contributed by atoms with van der Waals surface area (Å²) in [5.41, 5.74) is 2.36. The van der Waals surface area contributed by atoms with E-state index in [0.717, 1.165) is 17.5 Å². The lowest BCUT2D eigenvalue weighted by atomic mass is 9.96. The van der Waals surface area contributed by atoms with Crippen LogP contribution in [0.1, 0.15) is 47.0 Å². The monoisotopic (exact) mass is 654 g/mol. The molecule has 0 radical (unpaired) electrons. The SMILES string of the molecule is CCC(COC)C(=O)c1ccccc1.COCC(CCl)C(O)c1ccccc1.COCC(CCl)C(O)c1ccccc1Cl. The molecule has 0 spiro atoms. The summed E-state index contributed by atoms with van der Waals surface area (Å²) in [6.45, 7) is 3.39. The zero-order valence-electron chi connectivity index (χ0n) is 25.4. The molecule has 5 atom stereocenters. The van der Waals surface area contributed by atoms with Crippen LogP contribution in [0.15, 0.2) is 84.9 Å². The van der Waals surface area contributed by atoms with Crippen LogP contribution < -0.4 is 0 Å². The van der Waals surface area contributed by atoms with Crippen LogP contribution in [-0.4, -0.2) is 68.9 Å². The molecule has 9 heteroatoms. The number of benzene rings is 3. The van der Waals surface area contributed by atoms with Crippen molar-refractivity contribution in [1.82, 2.24) is 0 Å². The number of ketones is 1. The summed E-state index contributed by atoms with van der Waals surface area (Å²) in [7, 11) is 4.82. The molecule has 0 saturated heterocycles. The zero-order chi connectivity index (χ0) is 32.0. The number of alkyl halides is 2. The van der Waals surface area contributed by atoms with Crippen LogP contribution in [0.5, 0.6) is 0 Å². The van der Waals surface area contributed by atoms with Crippen molar-refractivity contribution in [3.8, 4) is 0 Å². The Bertz CT molecular complexity index is 1120. The van der Waals surface area contributed by atoms with E-state index in [2.05, 4.69) is 0 Å². The summed E-state index contributed by atoms with van der Waals surface area (Å²) < 4.78 is 15.0. The lowest BCUT2D eigenvalue weighted by molar-refractivity contribution is 0.0582. The van der Waals surface area contributed by atoms with Crippen molar-refractivity contribution in [3.05, 3.63) is 107 Å². The Kier molecular flexibility index (Phi) is 21.2. The van der Waals surface area contributed by atoms with Crippen molar-refractivity contribution in [3.63, 3.8) is 0 Å². The summed E-state index contributed by atoms with van der Waals surface area (Å²) in [6.07, 6.45) is -0.411. The normalized spacial score (nSPS) is 14.2. The van der Waals surface area contributed by atoms with Gasteiger partial charge < -0.3 is 24.4 Å². The van der Waals surface area contributed by atoms with E-state index in [1.807, 2.05) is 79.7 Å². The van der Waals surface area contributed by atoms with Gasteiger partial charge in [-0.3, -0.25) is 4.79 Å². The van der Waals surface area contributed by atoms with Gasteiger partial charge in [0.05, 0.1) is 32.0 Å². The summed E-state index contributed by atoms with van der Waals surface area (Å²) in [4.78, 5) is 11.9. The number of ether oxygens (including phenoxy) is 3. The van der Waals surface area contributed by atoms with Gasteiger partial charge >= 0.3 is 0 Å². The molecule has 238 valence electrons. The fraction of sp³-hybridized carbons (Fsp3) is 0.441. The second kappa shape index (κ2) is 23.4.